The Bertz CT molecular complexity index is 692. The molecule has 1 aromatic rings. The molecule has 0 amide bonds. The average Bonchev–Trinajstić information content (AvgIpc) is 3.08. The summed E-state index contributed by atoms with van der Waals surface area (Å²) in [4.78, 5) is 0. The SMILES string of the molecule is COc1cc([C@H]2OCCC34C[C@@H](C[C@H]23)C(C)(C)[C@H]4O)ccc1OC(F)F. The van der Waals surface area contributed by atoms with E-state index in [1.54, 1.807) is 12.1 Å². The van der Waals surface area contributed by atoms with Crippen molar-refractivity contribution in [2.45, 2.75) is 51.9 Å². The highest BCUT2D eigenvalue weighted by atomic mass is 19.3. The normalized spacial score (nSPS) is 37.7. The van der Waals surface area contributed by atoms with E-state index in [9.17, 15) is 13.9 Å². The molecule has 144 valence electrons. The summed E-state index contributed by atoms with van der Waals surface area (Å²) in [6.45, 7) is 2.03. The zero-order valence-electron chi connectivity index (χ0n) is 15.4. The van der Waals surface area contributed by atoms with Crippen molar-refractivity contribution in [3.05, 3.63) is 23.8 Å². The number of aliphatic hydroxyl groups is 1. The molecule has 3 fully saturated rings. The Hall–Kier alpha value is -1.40. The van der Waals surface area contributed by atoms with Gasteiger partial charge in [0, 0.05) is 12.0 Å². The maximum absolute atomic E-state index is 12.6. The summed E-state index contributed by atoms with van der Waals surface area (Å²) in [5.74, 6) is 1.01. The van der Waals surface area contributed by atoms with Crippen molar-refractivity contribution < 1.29 is 28.1 Å². The first kappa shape index (κ1) is 18.0. The molecule has 1 N–H and O–H groups in total. The van der Waals surface area contributed by atoms with Gasteiger partial charge in [-0.05, 0) is 54.2 Å². The van der Waals surface area contributed by atoms with E-state index in [2.05, 4.69) is 18.6 Å². The molecular formula is C20H26F2O4. The maximum atomic E-state index is 12.6. The van der Waals surface area contributed by atoms with Crippen molar-refractivity contribution >= 4 is 0 Å². The van der Waals surface area contributed by atoms with E-state index in [-0.39, 0.29) is 40.5 Å². The number of methoxy groups -OCH3 is 1. The molecule has 1 spiro atoms. The second-order valence-electron chi connectivity index (χ2n) is 8.53. The van der Waals surface area contributed by atoms with Gasteiger partial charge < -0.3 is 19.3 Å². The van der Waals surface area contributed by atoms with Crippen molar-refractivity contribution in [3.63, 3.8) is 0 Å². The lowest BCUT2D eigenvalue weighted by Gasteiger charge is -2.51. The molecule has 26 heavy (non-hydrogen) atoms. The van der Waals surface area contributed by atoms with Gasteiger partial charge >= 0.3 is 6.61 Å². The van der Waals surface area contributed by atoms with E-state index < -0.39 is 6.61 Å². The lowest BCUT2D eigenvalue weighted by Crippen LogP contribution is -2.51. The third-order valence-corrected chi connectivity index (χ3v) is 7.17. The fourth-order valence-electron chi connectivity index (χ4n) is 5.80. The predicted molar refractivity (Wildman–Crippen MR) is 91.4 cm³/mol. The van der Waals surface area contributed by atoms with E-state index in [4.69, 9.17) is 9.47 Å². The predicted octanol–water partition coefficient (Wildman–Crippen LogP) is 4.17. The summed E-state index contributed by atoms with van der Waals surface area (Å²) >= 11 is 0. The van der Waals surface area contributed by atoms with E-state index in [1.165, 1.54) is 13.2 Å². The topological polar surface area (TPSA) is 47.9 Å². The monoisotopic (exact) mass is 368 g/mol. The first-order valence-corrected chi connectivity index (χ1v) is 9.22. The van der Waals surface area contributed by atoms with Gasteiger partial charge in [-0.2, -0.15) is 8.78 Å². The van der Waals surface area contributed by atoms with Crippen LogP contribution in [0.4, 0.5) is 8.78 Å². The van der Waals surface area contributed by atoms with Crippen LogP contribution in [0, 0.1) is 22.7 Å². The molecular weight excluding hydrogens is 342 g/mol. The Kier molecular flexibility index (Phi) is 4.19. The van der Waals surface area contributed by atoms with Crippen molar-refractivity contribution in [2.75, 3.05) is 13.7 Å². The molecule has 0 radical (unpaired) electrons. The van der Waals surface area contributed by atoms with Crippen LogP contribution in [0.15, 0.2) is 18.2 Å². The summed E-state index contributed by atoms with van der Waals surface area (Å²) in [5.41, 5.74) is 0.720. The van der Waals surface area contributed by atoms with E-state index in [0.717, 1.165) is 24.8 Å². The Morgan fingerprint density at radius 1 is 1.27 bits per heavy atom. The van der Waals surface area contributed by atoms with Crippen LogP contribution in [0.2, 0.25) is 0 Å². The number of ether oxygens (including phenoxy) is 3. The largest absolute Gasteiger partial charge is 0.493 e. The summed E-state index contributed by atoms with van der Waals surface area (Å²) in [7, 11) is 1.43. The molecule has 1 aromatic carbocycles. The van der Waals surface area contributed by atoms with Gasteiger partial charge in [0.1, 0.15) is 0 Å². The van der Waals surface area contributed by atoms with Crippen LogP contribution in [-0.4, -0.2) is 31.5 Å². The average molecular weight is 368 g/mol. The number of hydrogen-bond donors (Lipinski definition) is 1. The summed E-state index contributed by atoms with van der Waals surface area (Å²) < 4.78 is 41.0. The van der Waals surface area contributed by atoms with Crippen molar-refractivity contribution in [3.8, 4) is 11.5 Å². The highest BCUT2D eigenvalue weighted by Crippen LogP contribution is 2.70. The van der Waals surface area contributed by atoms with E-state index in [1.807, 2.05) is 0 Å². The van der Waals surface area contributed by atoms with E-state index in [0.29, 0.717) is 12.5 Å². The highest BCUT2D eigenvalue weighted by molar-refractivity contribution is 5.44. The minimum atomic E-state index is -2.90. The first-order chi connectivity index (χ1) is 12.3. The number of rotatable bonds is 4. The van der Waals surface area contributed by atoms with Crippen LogP contribution in [0.25, 0.3) is 0 Å². The Morgan fingerprint density at radius 3 is 2.69 bits per heavy atom. The fraction of sp³-hybridized carbons (Fsp3) is 0.700. The zero-order chi connectivity index (χ0) is 18.7. The molecule has 4 rings (SSSR count). The summed E-state index contributed by atoms with van der Waals surface area (Å²) in [5, 5.41) is 11.1. The first-order valence-electron chi connectivity index (χ1n) is 9.22. The van der Waals surface area contributed by atoms with Gasteiger partial charge in [-0.15, -0.1) is 0 Å². The molecule has 0 aromatic heterocycles. The standard InChI is InChI=1S/C20H26F2O4/c1-19(2)12-9-13-16(25-7-6-20(13,10-12)17(19)23)11-4-5-14(26-18(21)22)15(8-11)24-3/h4-5,8,12-13,16-18,23H,6-7,9-10H2,1-3H3/t12-,13-,16-,17-,20?/m1/s1. The Labute approximate surface area is 152 Å². The number of benzene rings is 1. The Morgan fingerprint density at radius 2 is 2.04 bits per heavy atom. The van der Waals surface area contributed by atoms with Gasteiger partial charge in [0.2, 0.25) is 0 Å². The number of hydrogen-bond acceptors (Lipinski definition) is 4. The smallest absolute Gasteiger partial charge is 0.387 e. The summed E-state index contributed by atoms with van der Waals surface area (Å²) in [6, 6.07) is 5.01. The van der Waals surface area contributed by atoms with Crippen LogP contribution in [0.1, 0.15) is 44.8 Å². The van der Waals surface area contributed by atoms with Crippen molar-refractivity contribution in [1.82, 2.24) is 0 Å². The molecule has 5 atom stereocenters. The highest BCUT2D eigenvalue weighted by Gasteiger charge is 2.68. The van der Waals surface area contributed by atoms with Crippen LogP contribution >= 0.6 is 0 Å². The van der Waals surface area contributed by atoms with Gasteiger partial charge in [-0.25, -0.2) is 0 Å². The van der Waals surface area contributed by atoms with Gasteiger partial charge in [-0.1, -0.05) is 19.9 Å². The van der Waals surface area contributed by atoms with Gasteiger partial charge in [0.25, 0.3) is 0 Å². The maximum Gasteiger partial charge on any atom is 0.387 e. The van der Waals surface area contributed by atoms with Crippen molar-refractivity contribution in [2.24, 2.45) is 22.7 Å². The number of aliphatic hydroxyl groups excluding tert-OH is 1. The lowest BCUT2D eigenvalue weighted by atomic mass is 9.60. The quantitative estimate of drug-likeness (QED) is 0.867. The van der Waals surface area contributed by atoms with Gasteiger partial charge in [0.15, 0.2) is 11.5 Å². The molecule has 2 aliphatic carbocycles. The third-order valence-electron chi connectivity index (χ3n) is 7.17. The Balaban J connectivity index is 1.65. The van der Waals surface area contributed by atoms with Crippen LogP contribution in [0.5, 0.6) is 11.5 Å². The van der Waals surface area contributed by atoms with Crippen LogP contribution in [-0.2, 0) is 4.74 Å². The lowest BCUT2D eigenvalue weighted by molar-refractivity contribution is -0.164. The molecule has 2 saturated carbocycles. The molecule has 4 nitrogen and oxygen atoms in total. The molecule has 6 heteroatoms. The third kappa shape index (κ3) is 2.45. The number of fused-ring (bicyclic) bond motifs is 1. The minimum absolute atomic E-state index is 0.0193. The second-order valence-corrected chi connectivity index (χ2v) is 8.53. The summed E-state index contributed by atoms with van der Waals surface area (Å²) in [6.07, 6.45) is 2.43. The molecule has 1 saturated heterocycles. The van der Waals surface area contributed by atoms with Gasteiger partial charge in [0.05, 0.1) is 19.3 Å². The van der Waals surface area contributed by atoms with Crippen molar-refractivity contribution in [1.29, 1.82) is 0 Å². The molecule has 1 heterocycles. The van der Waals surface area contributed by atoms with Crippen LogP contribution in [0.3, 0.4) is 0 Å². The second kappa shape index (κ2) is 6.06. The zero-order valence-corrected chi connectivity index (χ0v) is 15.4. The van der Waals surface area contributed by atoms with Crippen LogP contribution < -0.4 is 9.47 Å². The van der Waals surface area contributed by atoms with Gasteiger partial charge in [-0.3, -0.25) is 0 Å². The van der Waals surface area contributed by atoms with E-state index >= 15 is 0 Å². The minimum Gasteiger partial charge on any atom is -0.493 e. The molecule has 3 aliphatic rings. The number of alkyl halides is 2. The number of halogens is 2. The molecule has 1 unspecified atom stereocenters. The molecule has 1 aliphatic heterocycles. The molecule has 2 bridgehead atoms. The fourth-order valence-corrected chi connectivity index (χ4v) is 5.80.